The highest BCUT2D eigenvalue weighted by Gasteiger charge is 2.53. The summed E-state index contributed by atoms with van der Waals surface area (Å²) in [4.78, 5) is 25.5. The molecule has 0 saturated carbocycles. The Hall–Kier alpha value is -4.70. The van der Waals surface area contributed by atoms with Gasteiger partial charge in [-0.1, -0.05) is 111 Å². The molecular weight excluding hydrogens is 749 g/mol. The molecule has 2 heterocycles. The van der Waals surface area contributed by atoms with E-state index >= 15 is 8.42 Å². The Bertz CT molecular complexity index is 2000. The molecule has 0 aliphatic carbocycles. The molecule has 0 spiro atoms. The summed E-state index contributed by atoms with van der Waals surface area (Å²) in [5.74, 6) is -0.886. The standard InChI is InChI=1S/C43H52N4O9S/c1-43(2,22-23-45(27-32-15-8-4-9-16-32)28-33-17-10-5-11-18-33)30-46(57(53,54)35-20-12-19-34(26-35)47(51)52)39(37-29-56-41-36(37)21-24-55-41)40(48)38(44-42(49)50)25-31-13-6-3-7-14-31/h3-20,26,36-41,44,48H,21-25,27-30H2,1-2H3,(H,49,50)/t36-,37?,38-,39+,40+,41+/m0/s1. The minimum atomic E-state index is -4.59. The second-order valence-corrected chi connectivity index (χ2v) is 17.7. The van der Waals surface area contributed by atoms with E-state index in [0.717, 1.165) is 22.8 Å². The number of rotatable bonds is 19. The van der Waals surface area contributed by atoms with Crippen molar-refractivity contribution in [2.75, 3.05) is 26.3 Å². The number of carboxylic acid groups (broad SMARTS) is 1. The summed E-state index contributed by atoms with van der Waals surface area (Å²) in [5, 5.41) is 37.0. The number of aliphatic hydroxyl groups is 1. The molecule has 0 bridgehead atoms. The molecule has 0 aromatic heterocycles. The van der Waals surface area contributed by atoms with Gasteiger partial charge < -0.3 is 25.0 Å². The highest BCUT2D eigenvalue weighted by Crippen LogP contribution is 2.43. The van der Waals surface area contributed by atoms with Crippen molar-refractivity contribution in [3.63, 3.8) is 0 Å². The molecule has 304 valence electrons. The largest absolute Gasteiger partial charge is 0.465 e. The molecule has 57 heavy (non-hydrogen) atoms. The number of aliphatic hydroxyl groups excluding tert-OH is 1. The number of nitrogens with one attached hydrogen (secondary N) is 1. The monoisotopic (exact) mass is 800 g/mol. The van der Waals surface area contributed by atoms with Gasteiger partial charge in [0.1, 0.15) is 0 Å². The van der Waals surface area contributed by atoms with Crippen molar-refractivity contribution in [2.45, 2.75) is 75.6 Å². The van der Waals surface area contributed by atoms with Crippen LogP contribution in [0.3, 0.4) is 0 Å². The molecule has 6 rings (SSSR count). The van der Waals surface area contributed by atoms with Crippen LogP contribution >= 0.6 is 0 Å². The fraction of sp³-hybridized carbons (Fsp3) is 0.419. The summed E-state index contributed by atoms with van der Waals surface area (Å²) in [5.41, 5.74) is 1.89. The third-order valence-electron chi connectivity index (χ3n) is 11.0. The fourth-order valence-electron chi connectivity index (χ4n) is 8.11. The number of carbonyl (C=O) groups is 1. The maximum absolute atomic E-state index is 15.2. The second-order valence-electron chi connectivity index (χ2n) is 15.8. The average Bonchev–Trinajstić information content (AvgIpc) is 3.83. The van der Waals surface area contributed by atoms with Gasteiger partial charge in [-0.2, -0.15) is 4.31 Å². The van der Waals surface area contributed by atoms with Gasteiger partial charge in [0.2, 0.25) is 10.0 Å². The zero-order chi connectivity index (χ0) is 40.6. The predicted molar refractivity (Wildman–Crippen MR) is 215 cm³/mol. The van der Waals surface area contributed by atoms with Gasteiger partial charge in [0.05, 0.1) is 41.2 Å². The second kappa shape index (κ2) is 18.7. The van der Waals surface area contributed by atoms with Crippen molar-refractivity contribution >= 4 is 21.8 Å². The van der Waals surface area contributed by atoms with E-state index in [1.807, 2.05) is 80.6 Å². The van der Waals surface area contributed by atoms with Crippen molar-refractivity contribution < 1.29 is 37.8 Å². The lowest BCUT2D eigenvalue weighted by atomic mass is 9.80. The normalized spacial score (nSPS) is 19.9. The molecule has 1 unspecified atom stereocenters. The lowest BCUT2D eigenvalue weighted by molar-refractivity contribution is -0.385. The number of nitro groups is 1. The Morgan fingerprint density at radius 1 is 0.912 bits per heavy atom. The first-order valence-electron chi connectivity index (χ1n) is 19.3. The molecule has 1 amide bonds. The van der Waals surface area contributed by atoms with Crippen LogP contribution in [-0.4, -0.2) is 89.6 Å². The number of hydrogen-bond acceptors (Lipinski definition) is 9. The fourth-order valence-corrected chi connectivity index (χ4v) is 10.0. The van der Waals surface area contributed by atoms with Crippen LogP contribution in [0, 0.1) is 27.4 Å². The van der Waals surface area contributed by atoms with Gasteiger partial charge in [0.15, 0.2) is 6.29 Å². The minimum Gasteiger partial charge on any atom is -0.465 e. The molecule has 13 nitrogen and oxygen atoms in total. The number of nitro benzene ring substituents is 1. The Morgan fingerprint density at radius 3 is 2.09 bits per heavy atom. The minimum absolute atomic E-state index is 0.0610. The smallest absolute Gasteiger partial charge is 0.404 e. The molecule has 6 atom stereocenters. The Morgan fingerprint density at radius 2 is 1.51 bits per heavy atom. The number of sulfonamides is 1. The molecule has 2 aliphatic heterocycles. The topological polar surface area (TPSA) is 172 Å². The highest BCUT2D eigenvalue weighted by atomic mass is 32.2. The first-order chi connectivity index (χ1) is 27.3. The van der Waals surface area contributed by atoms with Crippen LogP contribution in [0.2, 0.25) is 0 Å². The van der Waals surface area contributed by atoms with Gasteiger partial charge in [-0.25, -0.2) is 13.2 Å². The van der Waals surface area contributed by atoms with Crippen LogP contribution in [0.5, 0.6) is 0 Å². The maximum Gasteiger partial charge on any atom is 0.404 e. The number of amides is 1. The van der Waals surface area contributed by atoms with Crippen molar-refractivity contribution in [2.24, 2.45) is 17.3 Å². The van der Waals surface area contributed by atoms with E-state index in [1.165, 1.54) is 22.5 Å². The van der Waals surface area contributed by atoms with Crippen LogP contribution in [0.25, 0.3) is 0 Å². The van der Waals surface area contributed by atoms with Crippen LogP contribution in [0.1, 0.15) is 43.4 Å². The first-order valence-corrected chi connectivity index (χ1v) is 20.8. The van der Waals surface area contributed by atoms with E-state index in [1.54, 1.807) is 0 Å². The van der Waals surface area contributed by atoms with E-state index in [9.17, 15) is 25.1 Å². The van der Waals surface area contributed by atoms with E-state index in [4.69, 9.17) is 9.47 Å². The molecule has 2 aliphatic rings. The van der Waals surface area contributed by atoms with Crippen LogP contribution in [0.4, 0.5) is 10.5 Å². The molecular formula is C43H52N4O9S. The van der Waals surface area contributed by atoms with Crippen LogP contribution in [-0.2, 0) is 39.0 Å². The van der Waals surface area contributed by atoms with Gasteiger partial charge in [-0.05, 0) is 54.0 Å². The number of non-ortho nitro benzene ring substituents is 1. The summed E-state index contributed by atoms with van der Waals surface area (Å²) in [6.07, 6.45) is -2.38. The number of hydrogen-bond donors (Lipinski definition) is 3. The third-order valence-corrected chi connectivity index (χ3v) is 12.9. The lowest BCUT2D eigenvalue weighted by Gasteiger charge is -2.44. The van der Waals surface area contributed by atoms with E-state index in [0.29, 0.717) is 39.1 Å². The summed E-state index contributed by atoms with van der Waals surface area (Å²) in [7, 11) is -4.59. The van der Waals surface area contributed by atoms with Crippen molar-refractivity contribution in [3.05, 3.63) is 142 Å². The molecule has 4 aromatic carbocycles. The van der Waals surface area contributed by atoms with Gasteiger partial charge >= 0.3 is 6.09 Å². The molecule has 2 saturated heterocycles. The summed E-state index contributed by atoms with van der Waals surface area (Å²) < 4.78 is 43.5. The Kier molecular flexibility index (Phi) is 13.8. The number of benzene rings is 4. The Balaban J connectivity index is 1.40. The molecule has 3 N–H and O–H groups in total. The number of fused-ring (bicyclic) bond motifs is 1. The zero-order valence-corrected chi connectivity index (χ0v) is 33.1. The van der Waals surface area contributed by atoms with Crippen LogP contribution < -0.4 is 5.32 Å². The number of nitrogens with zero attached hydrogens (tertiary/aromatic N) is 3. The van der Waals surface area contributed by atoms with Crippen molar-refractivity contribution in [1.29, 1.82) is 0 Å². The van der Waals surface area contributed by atoms with Crippen molar-refractivity contribution in [3.8, 4) is 0 Å². The van der Waals surface area contributed by atoms with Gasteiger partial charge in [0.25, 0.3) is 5.69 Å². The predicted octanol–water partition coefficient (Wildman–Crippen LogP) is 6.32. The first kappa shape index (κ1) is 41.9. The van der Waals surface area contributed by atoms with E-state index in [-0.39, 0.29) is 30.4 Å². The summed E-state index contributed by atoms with van der Waals surface area (Å²) in [6.45, 7) is 6.21. The highest BCUT2D eigenvalue weighted by molar-refractivity contribution is 7.89. The van der Waals surface area contributed by atoms with E-state index in [2.05, 4.69) is 34.5 Å². The molecule has 2 fully saturated rings. The van der Waals surface area contributed by atoms with Gasteiger partial charge in [0, 0.05) is 43.6 Å². The van der Waals surface area contributed by atoms with E-state index < -0.39 is 62.5 Å². The van der Waals surface area contributed by atoms with Crippen LogP contribution in [0.15, 0.2) is 120 Å². The molecule has 0 radical (unpaired) electrons. The zero-order valence-electron chi connectivity index (χ0n) is 32.3. The number of ether oxygens (including phenoxy) is 2. The molecule has 14 heteroatoms. The third kappa shape index (κ3) is 10.8. The molecule has 4 aromatic rings. The maximum atomic E-state index is 15.2. The average molecular weight is 801 g/mol. The van der Waals surface area contributed by atoms with Crippen molar-refractivity contribution in [1.82, 2.24) is 14.5 Å². The van der Waals surface area contributed by atoms with Gasteiger partial charge in [-0.15, -0.1) is 0 Å². The Labute approximate surface area is 334 Å². The summed E-state index contributed by atoms with van der Waals surface area (Å²) in [6, 6.07) is 31.9. The summed E-state index contributed by atoms with van der Waals surface area (Å²) >= 11 is 0. The quantitative estimate of drug-likeness (QED) is 0.0720. The van der Waals surface area contributed by atoms with Gasteiger partial charge in [-0.3, -0.25) is 15.0 Å². The lowest BCUT2D eigenvalue weighted by Crippen LogP contribution is -2.61. The SMILES string of the molecule is CC(C)(CCN(Cc1ccccc1)Cc1ccccc1)CN([C@H](C1CO[C@H]2OCC[C@@H]12)[C@H](O)[C@H](Cc1ccccc1)NC(=O)O)S(=O)(=O)c1cccc([N+](=O)[O-])c1.